The van der Waals surface area contributed by atoms with Crippen molar-refractivity contribution in [2.24, 2.45) is 0 Å². The Labute approximate surface area is 147 Å². The first-order valence-corrected chi connectivity index (χ1v) is 8.53. The SMILES string of the molecule is CC[C@@H](C)c1ccccc1NC(=O)C[C@@H]1Oc2ccccc2NC1=O. The summed E-state index contributed by atoms with van der Waals surface area (Å²) in [5.41, 5.74) is 2.52. The lowest BCUT2D eigenvalue weighted by molar-refractivity contribution is -0.128. The molecule has 0 aliphatic carbocycles. The molecule has 5 heteroatoms. The van der Waals surface area contributed by atoms with Crippen LogP contribution in [0, 0.1) is 0 Å². The molecule has 0 radical (unpaired) electrons. The summed E-state index contributed by atoms with van der Waals surface area (Å²) in [5.74, 6) is 0.386. The quantitative estimate of drug-likeness (QED) is 0.868. The fourth-order valence-corrected chi connectivity index (χ4v) is 2.86. The number of nitrogens with one attached hydrogen (secondary N) is 2. The van der Waals surface area contributed by atoms with Crippen molar-refractivity contribution in [3.05, 3.63) is 54.1 Å². The molecule has 2 aromatic rings. The third kappa shape index (κ3) is 3.82. The minimum absolute atomic E-state index is 0.0327. The van der Waals surface area contributed by atoms with E-state index < -0.39 is 6.10 Å². The maximum absolute atomic E-state index is 12.4. The molecular formula is C20H22N2O3. The largest absolute Gasteiger partial charge is 0.478 e. The zero-order valence-corrected chi connectivity index (χ0v) is 14.4. The van der Waals surface area contributed by atoms with Crippen LogP contribution in [0.15, 0.2) is 48.5 Å². The first kappa shape index (κ1) is 17.0. The van der Waals surface area contributed by atoms with Crippen LogP contribution in [-0.4, -0.2) is 17.9 Å². The van der Waals surface area contributed by atoms with Crippen molar-refractivity contribution in [3.63, 3.8) is 0 Å². The first-order valence-electron chi connectivity index (χ1n) is 8.53. The maximum Gasteiger partial charge on any atom is 0.266 e. The summed E-state index contributed by atoms with van der Waals surface area (Å²) >= 11 is 0. The normalized spacial score (nSPS) is 17.0. The topological polar surface area (TPSA) is 67.4 Å². The van der Waals surface area contributed by atoms with Gasteiger partial charge in [0.05, 0.1) is 12.1 Å². The second-order valence-electron chi connectivity index (χ2n) is 6.24. The highest BCUT2D eigenvalue weighted by molar-refractivity contribution is 6.02. The van der Waals surface area contributed by atoms with Gasteiger partial charge in [0.25, 0.3) is 5.91 Å². The average Bonchev–Trinajstić information content (AvgIpc) is 2.62. The summed E-state index contributed by atoms with van der Waals surface area (Å²) in [6.45, 7) is 4.24. The minimum Gasteiger partial charge on any atom is -0.478 e. The lowest BCUT2D eigenvalue weighted by atomic mass is 9.97. The van der Waals surface area contributed by atoms with Gasteiger partial charge in [0, 0.05) is 5.69 Å². The van der Waals surface area contributed by atoms with Gasteiger partial charge in [-0.1, -0.05) is 44.2 Å². The van der Waals surface area contributed by atoms with Crippen LogP contribution in [0.5, 0.6) is 5.75 Å². The van der Waals surface area contributed by atoms with E-state index in [-0.39, 0.29) is 18.2 Å². The Morgan fingerprint density at radius 2 is 1.92 bits per heavy atom. The zero-order valence-electron chi connectivity index (χ0n) is 14.4. The third-order valence-electron chi connectivity index (χ3n) is 4.46. The van der Waals surface area contributed by atoms with Crippen LogP contribution < -0.4 is 15.4 Å². The molecule has 0 saturated carbocycles. The van der Waals surface area contributed by atoms with Crippen molar-refractivity contribution in [1.29, 1.82) is 0 Å². The number of amides is 2. The van der Waals surface area contributed by atoms with Gasteiger partial charge in [0.2, 0.25) is 5.91 Å². The molecule has 3 rings (SSSR count). The highest BCUT2D eigenvalue weighted by Crippen LogP contribution is 2.30. The lowest BCUT2D eigenvalue weighted by Gasteiger charge is -2.25. The van der Waals surface area contributed by atoms with E-state index >= 15 is 0 Å². The highest BCUT2D eigenvalue weighted by Gasteiger charge is 2.29. The maximum atomic E-state index is 12.4. The van der Waals surface area contributed by atoms with Gasteiger partial charge in [-0.25, -0.2) is 0 Å². The molecule has 1 aliphatic rings. The van der Waals surface area contributed by atoms with Gasteiger partial charge in [-0.05, 0) is 36.1 Å². The Kier molecular flexibility index (Phi) is 5.03. The van der Waals surface area contributed by atoms with E-state index in [4.69, 9.17) is 4.74 Å². The molecule has 0 aromatic heterocycles. The third-order valence-corrected chi connectivity index (χ3v) is 4.46. The molecule has 25 heavy (non-hydrogen) atoms. The van der Waals surface area contributed by atoms with E-state index in [1.165, 1.54) is 0 Å². The fourth-order valence-electron chi connectivity index (χ4n) is 2.86. The van der Waals surface area contributed by atoms with E-state index in [0.29, 0.717) is 17.4 Å². The van der Waals surface area contributed by atoms with E-state index in [9.17, 15) is 9.59 Å². The van der Waals surface area contributed by atoms with E-state index in [1.54, 1.807) is 12.1 Å². The van der Waals surface area contributed by atoms with E-state index in [2.05, 4.69) is 24.5 Å². The van der Waals surface area contributed by atoms with Crippen LogP contribution in [0.1, 0.15) is 38.2 Å². The Hall–Kier alpha value is -2.82. The molecule has 2 N–H and O–H groups in total. The van der Waals surface area contributed by atoms with Crippen molar-refractivity contribution >= 4 is 23.2 Å². The number of fused-ring (bicyclic) bond motifs is 1. The van der Waals surface area contributed by atoms with Crippen LogP contribution in [0.25, 0.3) is 0 Å². The summed E-state index contributed by atoms with van der Waals surface area (Å²) in [5, 5.41) is 5.69. The predicted molar refractivity (Wildman–Crippen MR) is 97.9 cm³/mol. The summed E-state index contributed by atoms with van der Waals surface area (Å²) in [4.78, 5) is 24.6. The number of benzene rings is 2. The van der Waals surface area contributed by atoms with Crippen LogP contribution >= 0.6 is 0 Å². The number of para-hydroxylation sites is 3. The molecule has 5 nitrogen and oxygen atoms in total. The zero-order chi connectivity index (χ0) is 17.8. The number of carbonyl (C=O) groups is 2. The number of hydrogen-bond acceptors (Lipinski definition) is 3. The number of anilines is 2. The molecule has 2 atom stereocenters. The standard InChI is InChI=1S/C20H22N2O3/c1-3-13(2)14-8-4-5-9-15(14)21-19(23)12-18-20(24)22-16-10-6-7-11-17(16)25-18/h4-11,13,18H,3,12H2,1-2H3,(H,21,23)(H,22,24)/t13-,18+/m1/s1. The van der Waals surface area contributed by atoms with Crippen molar-refractivity contribution in [2.45, 2.75) is 38.7 Å². The van der Waals surface area contributed by atoms with Crippen LogP contribution in [0.3, 0.4) is 0 Å². The van der Waals surface area contributed by atoms with Crippen molar-refractivity contribution in [1.82, 2.24) is 0 Å². The summed E-state index contributed by atoms with van der Waals surface area (Å²) in [6.07, 6.45) is 0.123. The van der Waals surface area contributed by atoms with Crippen LogP contribution in [0.2, 0.25) is 0 Å². The van der Waals surface area contributed by atoms with Gasteiger partial charge in [-0.15, -0.1) is 0 Å². The van der Waals surface area contributed by atoms with Crippen molar-refractivity contribution < 1.29 is 14.3 Å². The molecule has 130 valence electrons. The van der Waals surface area contributed by atoms with Gasteiger partial charge in [0.15, 0.2) is 6.10 Å². The second-order valence-corrected chi connectivity index (χ2v) is 6.24. The van der Waals surface area contributed by atoms with E-state index in [1.807, 2.05) is 36.4 Å². The van der Waals surface area contributed by atoms with Gasteiger partial charge >= 0.3 is 0 Å². The molecule has 0 unspecified atom stereocenters. The number of ether oxygens (including phenoxy) is 1. The van der Waals surface area contributed by atoms with Crippen LogP contribution in [0.4, 0.5) is 11.4 Å². The molecule has 0 spiro atoms. The molecule has 2 amide bonds. The Morgan fingerprint density at radius 3 is 2.72 bits per heavy atom. The molecule has 0 bridgehead atoms. The summed E-state index contributed by atoms with van der Waals surface area (Å²) in [6, 6.07) is 15.0. The molecule has 0 fully saturated rings. The van der Waals surface area contributed by atoms with Gasteiger partial charge in [0.1, 0.15) is 5.75 Å². The van der Waals surface area contributed by atoms with Crippen molar-refractivity contribution in [2.75, 3.05) is 10.6 Å². The molecular weight excluding hydrogens is 316 g/mol. The Morgan fingerprint density at radius 1 is 1.20 bits per heavy atom. The summed E-state index contributed by atoms with van der Waals surface area (Å²) < 4.78 is 5.68. The molecule has 0 saturated heterocycles. The molecule has 2 aromatic carbocycles. The number of carbonyl (C=O) groups excluding carboxylic acids is 2. The highest BCUT2D eigenvalue weighted by atomic mass is 16.5. The fraction of sp³-hybridized carbons (Fsp3) is 0.300. The predicted octanol–water partition coefficient (Wildman–Crippen LogP) is 3.93. The Balaban J connectivity index is 1.69. The van der Waals surface area contributed by atoms with Gasteiger partial charge < -0.3 is 15.4 Å². The second kappa shape index (κ2) is 7.38. The average molecular weight is 338 g/mol. The number of hydrogen-bond donors (Lipinski definition) is 2. The summed E-state index contributed by atoms with van der Waals surface area (Å²) in [7, 11) is 0. The minimum atomic E-state index is -0.828. The smallest absolute Gasteiger partial charge is 0.266 e. The Bertz CT molecular complexity index is 788. The van der Waals surface area contributed by atoms with Gasteiger partial charge in [-0.3, -0.25) is 9.59 Å². The lowest BCUT2D eigenvalue weighted by Crippen LogP contribution is -2.39. The monoisotopic (exact) mass is 338 g/mol. The number of rotatable bonds is 5. The first-order chi connectivity index (χ1) is 12.1. The van der Waals surface area contributed by atoms with Gasteiger partial charge in [-0.2, -0.15) is 0 Å². The van der Waals surface area contributed by atoms with Crippen molar-refractivity contribution in [3.8, 4) is 5.75 Å². The molecule has 1 heterocycles. The van der Waals surface area contributed by atoms with Crippen LogP contribution in [-0.2, 0) is 9.59 Å². The van der Waals surface area contributed by atoms with E-state index in [0.717, 1.165) is 17.7 Å². The molecule has 1 aliphatic heterocycles.